The Bertz CT molecular complexity index is 747. The van der Waals surface area contributed by atoms with Crippen molar-refractivity contribution in [2.45, 2.75) is 109 Å². The van der Waals surface area contributed by atoms with Gasteiger partial charge in [0.25, 0.3) is 0 Å². The zero-order chi connectivity index (χ0) is 23.9. The van der Waals surface area contributed by atoms with E-state index in [4.69, 9.17) is 0 Å². The van der Waals surface area contributed by atoms with Crippen molar-refractivity contribution >= 4 is 0 Å². The van der Waals surface area contributed by atoms with E-state index in [1.54, 1.807) is 6.08 Å². The zero-order valence-corrected chi connectivity index (χ0v) is 20.8. The quantitative estimate of drug-likeness (QED) is 0.437. The van der Waals surface area contributed by atoms with E-state index in [0.29, 0.717) is 24.7 Å². The Morgan fingerprint density at radius 2 is 1.81 bits per heavy atom. The van der Waals surface area contributed by atoms with Crippen LogP contribution in [0.25, 0.3) is 0 Å². The molecular weight excluding hydrogens is 400 g/mol. The largest absolute Gasteiger partial charge is 0.393 e. The maximum absolute atomic E-state index is 11.8. The van der Waals surface area contributed by atoms with E-state index in [-0.39, 0.29) is 23.4 Å². The van der Waals surface area contributed by atoms with E-state index < -0.39 is 17.3 Å². The molecule has 182 valence electrons. The summed E-state index contributed by atoms with van der Waals surface area (Å²) in [7, 11) is 0. The molecule has 0 bridgehead atoms. The second kappa shape index (κ2) is 9.37. The molecule has 4 heteroatoms. The third-order valence-electron chi connectivity index (χ3n) is 9.32. The first-order valence-electron chi connectivity index (χ1n) is 12.7. The van der Waals surface area contributed by atoms with Crippen LogP contribution in [0.2, 0.25) is 0 Å². The van der Waals surface area contributed by atoms with Crippen molar-refractivity contribution in [1.82, 2.24) is 0 Å². The van der Waals surface area contributed by atoms with Gasteiger partial charge in [-0.1, -0.05) is 45.1 Å². The summed E-state index contributed by atoms with van der Waals surface area (Å²) < 4.78 is 0. The van der Waals surface area contributed by atoms with Crippen LogP contribution in [0.15, 0.2) is 36.0 Å². The van der Waals surface area contributed by atoms with Gasteiger partial charge in [0.2, 0.25) is 0 Å². The van der Waals surface area contributed by atoms with Gasteiger partial charge >= 0.3 is 0 Å². The molecule has 4 N–H and O–H groups in total. The molecule has 0 spiro atoms. The average molecular weight is 447 g/mol. The summed E-state index contributed by atoms with van der Waals surface area (Å²) in [5.74, 6) is 0.910. The van der Waals surface area contributed by atoms with Gasteiger partial charge < -0.3 is 20.4 Å². The lowest BCUT2D eigenvalue weighted by molar-refractivity contribution is -0.155. The molecule has 0 saturated heterocycles. The van der Waals surface area contributed by atoms with Crippen LogP contribution in [-0.4, -0.2) is 43.8 Å². The Morgan fingerprint density at radius 3 is 2.47 bits per heavy atom. The number of allylic oxidation sites excluding steroid dienone is 2. The highest BCUT2D eigenvalue weighted by atomic mass is 16.3. The molecule has 0 aromatic carbocycles. The Morgan fingerprint density at radius 1 is 1.12 bits per heavy atom. The van der Waals surface area contributed by atoms with Gasteiger partial charge in [-0.3, -0.25) is 0 Å². The molecule has 0 aromatic heterocycles. The Labute approximate surface area is 195 Å². The molecule has 3 aliphatic carbocycles. The van der Waals surface area contributed by atoms with Gasteiger partial charge in [0.1, 0.15) is 6.10 Å². The summed E-state index contributed by atoms with van der Waals surface area (Å²) >= 11 is 0. The lowest BCUT2D eigenvalue weighted by atomic mass is 9.56. The second-order valence-corrected chi connectivity index (χ2v) is 11.9. The highest BCUT2D eigenvalue weighted by Crippen LogP contribution is 2.61. The molecule has 0 aromatic rings. The first-order valence-corrected chi connectivity index (χ1v) is 12.7. The fourth-order valence-electron chi connectivity index (χ4n) is 6.82. The minimum absolute atomic E-state index is 0.0305. The second-order valence-electron chi connectivity index (χ2n) is 11.9. The molecule has 0 amide bonds. The van der Waals surface area contributed by atoms with Crippen molar-refractivity contribution in [3.05, 3.63) is 36.0 Å². The monoisotopic (exact) mass is 446 g/mol. The van der Waals surface area contributed by atoms with E-state index in [1.807, 2.05) is 20.8 Å². The van der Waals surface area contributed by atoms with Gasteiger partial charge in [-0.25, -0.2) is 0 Å². The molecule has 3 rings (SSSR count). The van der Waals surface area contributed by atoms with Crippen molar-refractivity contribution in [3.63, 3.8) is 0 Å². The molecule has 3 fully saturated rings. The number of hydrogen-bond acceptors (Lipinski definition) is 4. The Balaban J connectivity index is 1.80. The number of aliphatic hydroxyl groups is 4. The van der Waals surface area contributed by atoms with Crippen LogP contribution in [0, 0.1) is 29.1 Å². The van der Waals surface area contributed by atoms with Crippen LogP contribution in [-0.2, 0) is 0 Å². The molecule has 32 heavy (non-hydrogen) atoms. The molecule has 3 aliphatic rings. The van der Waals surface area contributed by atoms with Crippen LogP contribution >= 0.6 is 0 Å². The van der Waals surface area contributed by atoms with Gasteiger partial charge in [-0.15, -0.1) is 0 Å². The zero-order valence-electron chi connectivity index (χ0n) is 20.8. The number of fused-ring (bicyclic) bond motifs is 1. The average Bonchev–Trinajstić information content (AvgIpc) is 3.06. The summed E-state index contributed by atoms with van der Waals surface area (Å²) in [6.45, 7) is 14.4. The topological polar surface area (TPSA) is 80.9 Å². The Kier molecular flexibility index (Phi) is 7.52. The molecule has 4 nitrogen and oxygen atoms in total. The molecule has 8 atom stereocenters. The van der Waals surface area contributed by atoms with Crippen molar-refractivity contribution in [3.8, 4) is 0 Å². The summed E-state index contributed by atoms with van der Waals surface area (Å²) in [6, 6.07) is 0. The van der Waals surface area contributed by atoms with E-state index in [9.17, 15) is 20.4 Å². The van der Waals surface area contributed by atoms with Gasteiger partial charge in [-0.2, -0.15) is 0 Å². The standard InChI is InChI=1S/C28H46O4/c1-18-9-11-22(29)16-21(18)17-25(30)28(32)15-7-14-27(6)23(12-13-24(27)28)19(2)8-10-20(3)26(4,5)31/h8,10,17,19-20,22-25,29-32H,1,7,9,11-16H2,2-6H3/b10-8+,21-17-/t19-,20+,22+,23-,24-,25?,27-,28?/m1/s1. The highest BCUT2D eigenvalue weighted by Gasteiger charge is 2.59. The fourth-order valence-corrected chi connectivity index (χ4v) is 6.82. The lowest BCUT2D eigenvalue weighted by Crippen LogP contribution is -2.56. The van der Waals surface area contributed by atoms with Gasteiger partial charge in [0.05, 0.1) is 17.3 Å². The van der Waals surface area contributed by atoms with E-state index in [2.05, 4.69) is 32.6 Å². The Hall–Kier alpha value is -0.940. The van der Waals surface area contributed by atoms with Crippen LogP contribution in [0.1, 0.15) is 86.0 Å². The van der Waals surface area contributed by atoms with Crippen molar-refractivity contribution in [1.29, 1.82) is 0 Å². The molecule has 0 heterocycles. The third kappa shape index (κ3) is 4.94. The normalized spacial score (nSPS) is 40.5. The maximum Gasteiger partial charge on any atom is 0.102 e. The highest BCUT2D eigenvalue weighted by molar-refractivity contribution is 5.33. The van der Waals surface area contributed by atoms with E-state index in [1.165, 1.54) is 0 Å². The predicted molar refractivity (Wildman–Crippen MR) is 130 cm³/mol. The summed E-state index contributed by atoms with van der Waals surface area (Å²) in [6.07, 6.45) is 11.4. The molecule has 0 radical (unpaired) electrons. The third-order valence-corrected chi connectivity index (χ3v) is 9.32. The van der Waals surface area contributed by atoms with Crippen molar-refractivity contribution in [2.24, 2.45) is 29.1 Å². The summed E-state index contributed by atoms with van der Waals surface area (Å²) in [4.78, 5) is 0. The number of hydrogen-bond donors (Lipinski definition) is 4. The van der Waals surface area contributed by atoms with Gasteiger partial charge in [-0.05, 0) is 100 Å². The predicted octanol–water partition coefficient (Wildman–Crippen LogP) is 4.92. The smallest absolute Gasteiger partial charge is 0.102 e. The SMILES string of the molecule is C=C1CC[C@H](O)C/C1=C/C(O)C1(O)CCC[C@]2(C)[C@@H]([C@H](C)/C=C/[C@H](C)C(C)(C)O)CC[C@@H]12. The van der Waals surface area contributed by atoms with E-state index in [0.717, 1.165) is 49.7 Å². The summed E-state index contributed by atoms with van der Waals surface area (Å²) in [5.41, 5.74) is -0.0278. The van der Waals surface area contributed by atoms with Crippen LogP contribution in [0.5, 0.6) is 0 Å². The van der Waals surface area contributed by atoms with Crippen LogP contribution in [0.3, 0.4) is 0 Å². The molecule has 3 saturated carbocycles. The van der Waals surface area contributed by atoms with Crippen LogP contribution in [0.4, 0.5) is 0 Å². The minimum atomic E-state index is -1.14. The first kappa shape index (κ1) is 25.7. The molecule has 0 aliphatic heterocycles. The first-order chi connectivity index (χ1) is 14.8. The van der Waals surface area contributed by atoms with Crippen molar-refractivity contribution in [2.75, 3.05) is 0 Å². The minimum Gasteiger partial charge on any atom is -0.393 e. The molecule has 2 unspecified atom stereocenters. The number of aliphatic hydroxyl groups excluding tert-OH is 2. The van der Waals surface area contributed by atoms with Gasteiger partial charge in [0, 0.05) is 5.92 Å². The number of rotatable bonds is 6. The van der Waals surface area contributed by atoms with Gasteiger partial charge in [0.15, 0.2) is 0 Å². The van der Waals surface area contributed by atoms with Crippen LogP contribution < -0.4 is 0 Å². The summed E-state index contributed by atoms with van der Waals surface area (Å²) in [5, 5.41) is 43.4. The maximum atomic E-state index is 11.8. The fraction of sp³-hybridized carbons (Fsp3) is 0.786. The lowest BCUT2D eigenvalue weighted by Gasteiger charge is -2.52. The molecular formula is C28H46O4. The van der Waals surface area contributed by atoms with E-state index >= 15 is 0 Å². The van der Waals surface area contributed by atoms with Crippen molar-refractivity contribution < 1.29 is 20.4 Å².